The molecule has 0 heterocycles. The van der Waals surface area contributed by atoms with Gasteiger partial charge in [0, 0.05) is 0 Å². The average molecular weight is 250 g/mol. The Hall–Kier alpha value is -1.56. The van der Waals surface area contributed by atoms with Gasteiger partial charge in [-0.05, 0) is 47.3 Å². The second kappa shape index (κ2) is 5.21. The molecule has 19 heavy (non-hydrogen) atoms. The molecule has 1 aliphatic rings. The van der Waals surface area contributed by atoms with Crippen LogP contribution in [0.1, 0.15) is 48.8 Å². The van der Waals surface area contributed by atoms with Crippen molar-refractivity contribution in [2.24, 2.45) is 5.92 Å². The van der Waals surface area contributed by atoms with Crippen LogP contribution in [0.2, 0.25) is 0 Å². The number of hydrogen-bond acceptors (Lipinski definition) is 0. The highest BCUT2D eigenvalue weighted by Crippen LogP contribution is 2.43. The molecule has 2 aromatic carbocycles. The standard InChI is InChI=1S/C19H22/c1-14(16-8-4-3-5-9-16)13-19-15(2)12-17-10-6-7-11-18(17)19/h3-11,14-15,19H,12-13H2,1-2H3. The van der Waals surface area contributed by atoms with Gasteiger partial charge < -0.3 is 0 Å². The molecule has 0 N–H and O–H groups in total. The van der Waals surface area contributed by atoms with Crippen molar-refractivity contribution in [2.45, 2.75) is 38.5 Å². The lowest BCUT2D eigenvalue weighted by atomic mass is 9.83. The minimum absolute atomic E-state index is 0.639. The van der Waals surface area contributed by atoms with Gasteiger partial charge in [-0.25, -0.2) is 0 Å². The van der Waals surface area contributed by atoms with Crippen molar-refractivity contribution in [3.63, 3.8) is 0 Å². The van der Waals surface area contributed by atoms with Crippen LogP contribution in [0.3, 0.4) is 0 Å². The molecule has 0 nitrogen and oxygen atoms in total. The normalized spacial score (nSPS) is 23.1. The summed E-state index contributed by atoms with van der Waals surface area (Å²) in [6, 6.07) is 19.9. The number of hydrogen-bond donors (Lipinski definition) is 0. The van der Waals surface area contributed by atoms with Crippen LogP contribution in [-0.2, 0) is 6.42 Å². The van der Waals surface area contributed by atoms with Crippen LogP contribution in [0.25, 0.3) is 0 Å². The highest BCUT2D eigenvalue weighted by Gasteiger charge is 2.30. The van der Waals surface area contributed by atoms with Gasteiger partial charge in [0.05, 0.1) is 0 Å². The Morgan fingerprint density at radius 1 is 1.00 bits per heavy atom. The summed E-state index contributed by atoms with van der Waals surface area (Å²) in [5.74, 6) is 2.15. The van der Waals surface area contributed by atoms with Gasteiger partial charge >= 0.3 is 0 Å². The van der Waals surface area contributed by atoms with E-state index in [1.165, 1.54) is 18.4 Å². The van der Waals surface area contributed by atoms with Crippen molar-refractivity contribution < 1.29 is 0 Å². The van der Waals surface area contributed by atoms with Gasteiger partial charge in [0.15, 0.2) is 0 Å². The maximum absolute atomic E-state index is 2.41. The monoisotopic (exact) mass is 250 g/mol. The van der Waals surface area contributed by atoms with Crippen LogP contribution in [0.4, 0.5) is 0 Å². The Balaban J connectivity index is 1.80. The Morgan fingerprint density at radius 2 is 1.68 bits per heavy atom. The van der Waals surface area contributed by atoms with E-state index in [1.807, 2.05) is 0 Å². The SMILES string of the molecule is CC(CC1c2ccccc2CC1C)c1ccccc1. The van der Waals surface area contributed by atoms with Crippen LogP contribution < -0.4 is 0 Å². The highest BCUT2D eigenvalue weighted by atomic mass is 14.3. The molecule has 3 atom stereocenters. The first-order valence-corrected chi connectivity index (χ1v) is 7.38. The predicted molar refractivity (Wildman–Crippen MR) is 81.5 cm³/mol. The molecule has 0 saturated carbocycles. The molecule has 98 valence electrons. The summed E-state index contributed by atoms with van der Waals surface area (Å²) in [5.41, 5.74) is 4.64. The van der Waals surface area contributed by atoms with Gasteiger partial charge in [0.2, 0.25) is 0 Å². The lowest BCUT2D eigenvalue weighted by Gasteiger charge is -2.21. The Bertz CT molecular complexity index is 541. The molecule has 0 fully saturated rings. The van der Waals surface area contributed by atoms with E-state index in [4.69, 9.17) is 0 Å². The molecule has 3 unspecified atom stereocenters. The second-order valence-corrected chi connectivity index (χ2v) is 6.03. The maximum Gasteiger partial charge on any atom is -0.0125 e. The minimum Gasteiger partial charge on any atom is -0.0622 e. The lowest BCUT2D eigenvalue weighted by Crippen LogP contribution is -2.08. The van der Waals surface area contributed by atoms with Crippen molar-refractivity contribution >= 4 is 0 Å². The average Bonchev–Trinajstić information content (AvgIpc) is 2.76. The second-order valence-electron chi connectivity index (χ2n) is 6.03. The molecule has 0 aromatic heterocycles. The van der Waals surface area contributed by atoms with E-state index in [1.54, 1.807) is 11.1 Å². The third-order valence-corrected chi connectivity index (χ3v) is 4.66. The van der Waals surface area contributed by atoms with Crippen LogP contribution in [-0.4, -0.2) is 0 Å². The summed E-state index contributed by atoms with van der Waals surface area (Å²) in [7, 11) is 0. The van der Waals surface area contributed by atoms with E-state index in [9.17, 15) is 0 Å². The summed E-state index contributed by atoms with van der Waals surface area (Å²) in [6.07, 6.45) is 2.52. The molecule has 0 spiro atoms. The molecule has 0 aliphatic heterocycles. The summed E-state index contributed by atoms with van der Waals surface area (Å²) < 4.78 is 0. The quantitative estimate of drug-likeness (QED) is 0.706. The van der Waals surface area contributed by atoms with Gasteiger partial charge in [-0.3, -0.25) is 0 Å². The van der Waals surface area contributed by atoms with E-state index in [-0.39, 0.29) is 0 Å². The number of fused-ring (bicyclic) bond motifs is 1. The Kier molecular flexibility index (Phi) is 3.42. The molecule has 0 amide bonds. The zero-order valence-corrected chi connectivity index (χ0v) is 11.8. The predicted octanol–water partition coefficient (Wildman–Crippen LogP) is 5.16. The molecule has 1 aliphatic carbocycles. The van der Waals surface area contributed by atoms with E-state index < -0.39 is 0 Å². The molecule has 0 radical (unpaired) electrons. The van der Waals surface area contributed by atoms with Crippen molar-refractivity contribution in [1.29, 1.82) is 0 Å². The summed E-state index contributed by atoms with van der Waals surface area (Å²) in [4.78, 5) is 0. The topological polar surface area (TPSA) is 0 Å². The van der Waals surface area contributed by atoms with Gasteiger partial charge in [-0.2, -0.15) is 0 Å². The zero-order valence-electron chi connectivity index (χ0n) is 11.8. The van der Waals surface area contributed by atoms with Gasteiger partial charge in [-0.1, -0.05) is 68.4 Å². The largest absolute Gasteiger partial charge is 0.0622 e. The molecular weight excluding hydrogens is 228 g/mol. The fourth-order valence-corrected chi connectivity index (χ4v) is 3.54. The van der Waals surface area contributed by atoms with Crippen LogP contribution in [0, 0.1) is 5.92 Å². The Morgan fingerprint density at radius 3 is 2.47 bits per heavy atom. The van der Waals surface area contributed by atoms with Crippen LogP contribution >= 0.6 is 0 Å². The first kappa shape index (κ1) is 12.5. The Labute approximate surface area is 116 Å². The molecule has 0 heteroatoms. The molecule has 3 rings (SSSR count). The number of rotatable bonds is 3. The highest BCUT2D eigenvalue weighted by molar-refractivity contribution is 5.36. The van der Waals surface area contributed by atoms with E-state index in [2.05, 4.69) is 68.4 Å². The van der Waals surface area contributed by atoms with Crippen molar-refractivity contribution in [3.05, 3.63) is 71.3 Å². The zero-order chi connectivity index (χ0) is 13.2. The van der Waals surface area contributed by atoms with Gasteiger partial charge in [0.1, 0.15) is 0 Å². The minimum atomic E-state index is 0.639. The van der Waals surface area contributed by atoms with E-state index in [0.717, 1.165) is 11.8 Å². The molecular formula is C19H22. The third-order valence-electron chi connectivity index (χ3n) is 4.66. The smallest absolute Gasteiger partial charge is 0.0125 e. The fraction of sp³-hybridized carbons (Fsp3) is 0.368. The van der Waals surface area contributed by atoms with Crippen molar-refractivity contribution in [3.8, 4) is 0 Å². The van der Waals surface area contributed by atoms with Crippen molar-refractivity contribution in [1.82, 2.24) is 0 Å². The summed E-state index contributed by atoms with van der Waals surface area (Å²) in [6.45, 7) is 4.77. The van der Waals surface area contributed by atoms with Gasteiger partial charge in [-0.15, -0.1) is 0 Å². The summed E-state index contributed by atoms with van der Waals surface area (Å²) in [5, 5.41) is 0. The van der Waals surface area contributed by atoms with Crippen LogP contribution in [0.15, 0.2) is 54.6 Å². The number of benzene rings is 2. The third kappa shape index (κ3) is 2.45. The fourth-order valence-electron chi connectivity index (χ4n) is 3.54. The van der Waals surface area contributed by atoms with E-state index in [0.29, 0.717) is 5.92 Å². The van der Waals surface area contributed by atoms with Crippen LogP contribution in [0.5, 0.6) is 0 Å². The maximum atomic E-state index is 2.41. The lowest BCUT2D eigenvalue weighted by molar-refractivity contribution is 0.442. The van der Waals surface area contributed by atoms with Gasteiger partial charge in [0.25, 0.3) is 0 Å². The first-order chi connectivity index (χ1) is 9.25. The van der Waals surface area contributed by atoms with E-state index >= 15 is 0 Å². The first-order valence-electron chi connectivity index (χ1n) is 7.38. The molecule has 2 aromatic rings. The van der Waals surface area contributed by atoms with Crippen molar-refractivity contribution in [2.75, 3.05) is 0 Å². The summed E-state index contributed by atoms with van der Waals surface area (Å²) >= 11 is 0. The molecule has 0 bridgehead atoms. The molecule has 0 saturated heterocycles.